The summed E-state index contributed by atoms with van der Waals surface area (Å²) in [7, 11) is 0. The molecular weight excluding hydrogens is 442 g/mol. The molecule has 34 heavy (non-hydrogen) atoms. The molecule has 6 heteroatoms. The number of pyridine rings is 1. The Kier molecular flexibility index (Phi) is 6.41. The molecule has 5 aromatic rings. The van der Waals surface area contributed by atoms with Crippen LogP contribution in [-0.4, -0.2) is 19.6 Å². The van der Waals surface area contributed by atoms with E-state index in [2.05, 4.69) is 24.0 Å². The van der Waals surface area contributed by atoms with Crippen molar-refractivity contribution in [2.75, 3.05) is 0 Å². The van der Waals surface area contributed by atoms with Crippen molar-refractivity contribution in [1.82, 2.24) is 14.5 Å². The van der Waals surface area contributed by atoms with Gasteiger partial charge in [0.25, 0.3) is 5.56 Å². The van der Waals surface area contributed by atoms with E-state index in [1.165, 1.54) is 16.9 Å². The highest BCUT2D eigenvalue weighted by molar-refractivity contribution is 7.25. The Morgan fingerprint density at radius 3 is 2.53 bits per heavy atom. The van der Waals surface area contributed by atoms with E-state index >= 15 is 0 Å². The summed E-state index contributed by atoms with van der Waals surface area (Å²) in [5.41, 5.74) is 3.22. The maximum Gasteiger partial charge on any atom is 0.263 e. The molecule has 5 rings (SSSR count). The molecule has 2 aromatic carbocycles. The van der Waals surface area contributed by atoms with Gasteiger partial charge in [0.15, 0.2) is 0 Å². The third-order valence-corrected chi connectivity index (χ3v) is 7.34. The molecule has 0 aliphatic rings. The van der Waals surface area contributed by atoms with Gasteiger partial charge in [-0.15, -0.1) is 11.3 Å². The second-order valence-corrected chi connectivity index (χ2v) is 9.60. The Balaban J connectivity index is 1.69. The summed E-state index contributed by atoms with van der Waals surface area (Å²) >= 11 is 1.41. The molecular formula is C28H27N3O2S. The van der Waals surface area contributed by atoms with E-state index in [0.717, 1.165) is 52.7 Å². The molecule has 0 spiro atoms. The molecule has 0 saturated carbocycles. The van der Waals surface area contributed by atoms with Crippen molar-refractivity contribution >= 4 is 31.6 Å². The first kappa shape index (κ1) is 22.3. The van der Waals surface area contributed by atoms with E-state index in [0.29, 0.717) is 23.2 Å². The Bertz CT molecular complexity index is 1490. The summed E-state index contributed by atoms with van der Waals surface area (Å²) in [5.74, 6) is 0.966. The lowest BCUT2D eigenvalue weighted by Crippen LogP contribution is -2.26. The number of benzene rings is 2. The molecule has 0 fully saturated rings. The van der Waals surface area contributed by atoms with E-state index in [1.54, 1.807) is 23.0 Å². The number of phenolic OH excluding ortho intramolecular Hbond substituents is 1. The molecule has 3 aromatic heterocycles. The quantitative estimate of drug-likeness (QED) is 0.308. The monoisotopic (exact) mass is 469 g/mol. The smallest absolute Gasteiger partial charge is 0.263 e. The standard InChI is InChI=1S/C28H27N3O2S/c1-2-3-11-21-13-14-22(32)26-24(21)25-27(34-26)30-23(15-12-19-8-5-4-6-9-19)31(28(25)33)18-20-10-7-16-29-17-20/h4-10,13-14,16-17,32H,2-3,11-12,15,18H2,1H3. The zero-order valence-corrected chi connectivity index (χ0v) is 20.0. The predicted molar refractivity (Wildman–Crippen MR) is 139 cm³/mol. The number of nitrogens with zero attached hydrogens (tertiary/aromatic N) is 3. The predicted octanol–water partition coefficient (Wildman–Crippen LogP) is 5.89. The van der Waals surface area contributed by atoms with E-state index in [-0.39, 0.29) is 11.3 Å². The number of thiophene rings is 1. The van der Waals surface area contributed by atoms with Crippen molar-refractivity contribution < 1.29 is 5.11 Å². The number of aromatic nitrogens is 3. The third-order valence-electron chi connectivity index (χ3n) is 6.23. The van der Waals surface area contributed by atoms with Gasteiger partial charge in [0.1, 0.15) is 16.4 Å². The molecule has 0 unspecified atom stereocenters. The molecule has 0 radical (unpaired) electrons. The van der Waals surface area contributed by atoms with Gasteiger partial charge in [-0.25, -0.2) is 4.98 Å². The van der Waals surface area contributed by atoms with E-state index in [4.69, 9.17) is 4.98 Å². The number of fused-ring (bicyclic) bond motifs is 3. The maximum atomic E-state index is 14.0. The SMILES string of the molecule is CCCCc1ccc(O)c2sc3nc(CCc4ccccc4)n(Cc4cccnc4)c(=O)c3c12. The van der Waals surface area contributed by atoms with Gasteiger partial charge in [-0.3, -0.25) is 14.3 Å². The minimum absolute atomic E-state index is 0.0495. The Morgan fingerprint density at radius 1 is 0.941 bits per heavy atom. The van der Waals surface area contributed by atoms with Gasteiger partial charge in [0.05, 0.1) is 16.6 Å². The average Bonchev–Trinajstić information content (AvgIpc) is 3.26. The number of aromatic hydroxyl groups is 1. The van der Waals surface area contributed by atoms with Crippen LogP contribution in [0.15, 0.2) is 71.8 Å². The minimum atomic E-state index is -0.0495. The lowest BCUT2D eigenvalue weighted by molar-refractivity contribution is 0.482. The van der Waals surface area contributed by atoms with Gasteiger partial charge in [0.2, 0.25) is 0 Å². The maximum absolute atomic E-state index is 14.0. The summed E-state index contributed by atoms with van der Waals surface area (Å²) in [5, 5.41) is 12.1. The third kappa shape index (κ3) is 4.33. The first-order valence-electron chi connectivity index (χ1n) is 11.7. The number of unbranched alkanes of at least 4 members (excludes halogenated alkanes) is 1. The topological polar surface area (TPSA) is 68.0 Å². The van der Waals surface area contributed by atoms with Gasteiger partial charge in [-0.2, -0.15) is 0 Å². The highest BCUT2D eigenvalue weighted by Crippen LogP contribution is 2.39. The van der Waals surface area contributed by atoms with Crippen LogP contribution in [0.4, 0.5) is 0 Å². The van der Waals surface area contributed by atoms with Crippen LogP contribution in [0.1, 0.15) is 42.3 Å². The molecule has 5 nitrogen and oxygen atoms in total. The first-order chi connectivity index (χ1) is 16.7. The normalized spacial score (nSPS) is 11.4. The van der Waals surface area contributed by atoms with Crippen molar-refractivity contribution in [2.24, 2.45) is 0 Å². The van der Waals surface area contributed by atoms with Crippen molar-refractivity contribution in [3.63, 3.8) is 0 Å². The van der Waals surface area contributed by atoms with Crippen molar-refractivity contribution in [1.29, 1.82) is 0 Å². The van der Waals surface area contributed by atoms with Crippen molar-refractivity contribution in [2.45, 2.75) is 45.6 Å². The number of phenols is 1. The highest BCUT2D eigenvalue weighted by Gasteiger charge is 2.20. The summed E-state index contributed by atoms with van der Waals surface area (Å²) in [6.45, 7) is 2.57. The molecule has 0 aliphatic heterocycles. The largest absolute Gasteiger partial charge is 0.506 e. The zero-order chi connectivity index (χ0) is 23.5. The summed E-state index contributed by atoms with van der Waals surface area (Å²) in [6, 6.07) is 17.8. The molecule has 0 atom stereocenters. The van der Waals surface area contributed by atoms with Gasteiger partial charge < -0.3 is 5.11 Å². The first-order valence-corrected chi connectivity index (χ1v) is 12.6. The van der Waals surface area contributed by atoms with Gasteiger partial charge in [0, 0.05) is 24.2 Å². The zero-order valence-electron chi connectivity index (χ0n) is 19.2. The average molecular weight is 470 g/mol. The van der Waals surface area contributed by atoms with Crippen LogP contribution in [-0.2, 0) is 25.8 Å². The Morgan fingerprint density at radius 2 is 1.76 bits per heavy atom. The summed E-state index contributed by atoms with van der Waals surface area (Å²) in [6.07, 6.45) is 7.95. The number of hydrogen-bond donors (Lipinski definition) is 1. The Hall–Kier alpha value is -3.51. The molecule has 0 amide bonds. The van der Waals surface area contributed by atoms with Crippen LogP contribution in [0.3, 0.4) is 0 Å². The fraction of sp³-hybridized carbons (Fsp3) is 0.250. The van der Waals surface area contributed by atoms with Crippen LogP contribution in [0.2, 0.25) is 0 Å². The molecule has 172 valence electrons. The van der Waals surface area contributed by atoms with Gasteiger partial charge in [-0.1, -0.05) is 55.8 Å². The van der Waals surface area contributed by atoms with E-state index in [9.17, 15) is 9.90 Å². The highest BCUT2D eigenvalue weighted by atomic mass is 32.1. The number of rotatable bonds is 8. The molecule has 3 heterocycles. The minimum Gasteiger partial charge on any atom is -0.506 e. The van der Waals surface area contributed by atoms with Crippen LogP contribution >= 0.6 is 11.3 Å². The molecule has 0 aliphatic carbocycles. The second-order valence-electron chi connectivity index (χ2n) is 8.60. The van der Waals surface area contributed by atoms with E-state index in [1.807, 2.05) is 36.4 Å². The molecule has 0 saturated heterocycles. The summed E-state index contributed by atoms with van der Waals surface area (Å²) < 4.78 is 2.54. The van der Waals surface area contributed by atoms with Gasteiger partial charge >= 0.3 is 0 Å². The van der Waals surface area contributed by atoms with Crippen LogP contribution in [0.5, 0.6) is 5.75 Å². The van der Waals surface area contributed by atoms with Crippen LogP contribution < -0.4 is 5.56 Å². The molecule has 0 bridgehead atoms. The lowest BCUT2D eigenvalue weighted by Gasteiger charge is -2.13. The van der Waals surface area contributed by atoms with E-state index < -0.39 is 0 Å². The summed E-state index contributed by atoms with van der Waals surface area (Å²) in [4.78, 5) is 23.9. The number of aryl methyl sites for hydroxylation is 3. The van der Waals surface area contributed by atoms with Crippen molar-refractivity contribution in [3.8, 4) is 5.75 Å². The lowest BCUT2D eigenvalue weighted by atomic mass is 10.0. The van der Waals surface area contributed by atoms with Gasteiger partial charge in [-0.05, 0) is 48.1 Å². The van der Waals surface area contributed by atoms with Crippen LogP contribution in [0.25, 0.3) is 20.3 Å². The molecule has 1 N–H and O–H groups in total. The van der Waals surface area contributed by atoms with Crippen LogP contribution in [0, 0.1) is 0 Å². The fourth-order valence-electron chi connectivity index (χ4n) is 4.46. The number of hydrogen-bond acceptors (Lipinski definition) is 5. The van der Waals surface area contributed by atoms with Crippen molar-refractivity contribution in [3.05, 3.63) is 99.9 Å². The fourth-order valence-corrected chi connectivity index (χ4v) is 5.60. The Labute approximate surface area is 202 Å². The second kappa shape index (κ2) is 9.77.